The molecule has 0 bridgehead atoms. The van der Waals surface area contributed by atoms with Crippen LogP contribution < -0.4 is 5.32 Å². The van der Waals surface area contributed by atoms with Crippen molar-refractivity contribution in [3.63, 3.8) is 0 Å². The maximum absolute atomic E-state index is 5.80. The average Bonchev–Trinajstić information content (AvgIpc) is 2.95. The van der Waals surface area contributed by atoms with Gasteiger partial charge in [0, 0.05) is 11.3 Å². The molecule has 1 aliphatic heterocycles. The van der Waals surface area contributed by atoms with Crippen LogP contribution in [-0.2, 0) is 4.74 Å². The van der Waals surface area contributed by atoms with Crippen LogP contribution in [0.15, 0.2) is 4.99 Å². The number of hydrogen-bond acceptors (Lipinski definition) is 3. The highest BCUT2D eigenvalue weighted by Crippen LogP contribution is 2.25. The minimum Gasteiger partial charge on any atom is -0.376 e. The predicted octanol–water partition coefficient (Wildman–Crippen LogP) is 2.81. The van der Waals surface area contributed by atoms with Crippen LogP contribution in [0, 0.1) is 0 Å². The number of nitrogens with one attached hydrogen (secondary N) is 1. The van der Waals surface area contributed by atoms with Crippen LogP contribution in [0.4, 0.5) is 0 Å². The standard InChI is InChI=1S/C13H24N2OS/c1-3-13(2)10-17-12(15-13)14-8-9-16-11-6-4-5-7-11/h11H,3-10H2,1-2H3,(H,14,15). The second kappa shape index (κ2) is 6.10. The zero-order valence-corrected chi connectivity index (χ0v) is 11.8. The minimum atomic E-state index is 0.246. The van der Waals surface area contributed by atoms with Gasteiger partial charge in [0.1, 0.15) is 0 Å². The molecule has 0 spiro atoms. The summed E-state index contributed by atoms with van der Waals surface area (Å²) in [6.45, 7) is 6.06. The van der Waals surface area contributed by atoms with Crippen molar-refractivity contribution >= 4 is 16.9 Å². The fourth-order valence-corrected chi connectivity index (χ4v) is 3.49. The summed E-state index contributed by atoms with van der Waals surface area (Å²) in [5.74, 6) is 1.13. The van der Waals surface area contributed by atoms with E-state index in [9.17, 15) is 0 Å². The molecule has 1 unspecified atom stereocenters. The number of ether oxygens (including phenoxy) is 1. The van der Waals surface area contributed by atoms with Gasteiger partial charge in [-0.3, -0.25) is 4.99 Å². The third kappa shape index (κ3) is 3.88. The summed E-state index contributed by atoms with van der Waals surface area (Å²) in [5.41, 5.74) is 0.246. The zero-order chi connectivity index (χ0) is 12.1. The van der Waals surface area contributed by atoms with Gasteiger partial charge in [0.25, 0.3) is 0 Å². The maximum Gasteiger partial charge on any atom is 0.157 e. The zero-order valence-electron chi connectivity index (χ0n) is 11.0. The summed E-state index contributed by atoms with van der Waals surface area (Å²) in [5, 5.41) is 4.60. The lowest BCUT2D eigenvalue weighted by Gasteiger charge is -2.20. The molecular weight excluding hydrogens is 232 g/mol. The van der Waals surface area contributed by atoms with E-state index in [1.54, 1.807) is 0 Å². The van der Waals surface area contributed by atoms with Gasteiger partial charge in [-0.2, -0.15) is 0 Å². The summed E-state index contributed by atoms with van der Waals surface area (Å²) in [7, 11) is 0. The molecule has 1 saturated carbocycles. The van der Waals surface area contributed by atoms with Crippen LogP contribution in [0.2, 0.25) is 0 Å². The Balaban J connectivity index is 1.64. The molecule has 0 radical (unpaired) electrons. The van der Waals surface area contributed by atoms with Crippen LogP contribution in [0.25, 0.3) is 0 Å². The fourth-order valence-electron chi connectivity index (χ4n) is 2.26. The molecule has 1 atom stereocenters. The first-order valence-electron chi connectivity index (χ1n) is 6.79. The third-order valence-electron chi connectivity index (χ3n) is 3.72. The Labute approximate surface area is 109 Å². The summed E-state index contributed by atoms with van der Waals surface area (Å²) >= 11 is 1.84. The number of rotatable bonds is 5. The van der Waals surface area contributed by atoms with Gasteiger partial charge in [-0.15, -0.1) is 0 Å². The van der Waals surface area contributed by atoms with Gasteiger partial charge < -0.3 is 10.1 Å². The van der Waals surface area contributed by atoms with Gasteiger partial charge in [0.15, 0.2) is 5.17 Å². The first-order chi connectivity index (χ1) is 8.22. The van der Waals surface area contributed by atoms with Gasteiger partial charge in [-0.1, -0.05) is 31.5 Å². The largest absolute Gasteiger partial charge is 0.376 e. The third-order valence-corrected chi connectivity index (χ3v) is 5.01. The molecule has 98 valence electrons. The van der Waals surface area contributed by atoms with Crippen molar-refractivity contribution in [2.45, 2.75) is 57.6 Å². The lowest BCUT2D eigenvalue weighted by Crippen LogP contribution is -2.39. The van der Waals surface area contributed by atoms with Crippen LogP contribution >= 0.6 is 11.8 Å². The Morgan fingerprint density at radius 1 is 1.47 bits per heavy atom. The van der Waals surface area contributed by atoms with E-state index >= 15 is 0 Å². The fraction of sp³-hybridized carbons (Fsp3) is 0.923. The van der Waals surface area contributed by atoms with Crippen LogP contribution in [0.3, 0.4) is 0 Å². The average molecular weight is 256 g/mol. The summed E-state index contributed by atoms with van der Waals surface area (Å²) < 4.78 is 5.80. The minimum absolute atomic E-state index is 0.246. The Bertz CT molecular complexity index is 277. The van der Waals surface area contributed by atoms with E-state index in [-0.39, 0.29) is 5.54 Å². The Morgan fingerprint density at radius 2 is 2.24 bits per heavy atom. The maximum atomic E-state index is 5.80. The van der Waals surface area contributed by atoms with Gasteiger partial charge in [0.2, 0.25) is 0 Å². The topological polar surface area (TPSA) is 33.6 Å². The Morgan fingerprint density at radius 3 is 2.88 bits per heavy atom. The summed E-state index contributed by atoms with van der Waals surface area (Å²) in [6, 6.07) is 0. The van der Waals surface area contributed by atoms with Gasteiger partial charge in [-0.25, -0.2) is 0 Å². The predicted molar refractivity (Wildman–Crippen MR) is 74.8 cm³/mol. The van der Waals surface area contributed by atoms with Crippen molar-refractivity contribution in [2.24, 2.45) is 4.99 Å². The smallest absolute Gasteiger partial charge is 0.157 e. The second-order valence-corrected chi connectivity index (χ2v) is 6.26. The van der Waals surface area contributed by atoms with Crippen molar-refractivity contribution < 1.29 is 4.74 Å². The number of nitrogens with zero attached hydrogens (tertiary/aromatic N) is 1. The molecule has 3 nitrogen and oxygen atoms in total. The highest BCUT2D eigenvalue weighted by Gasteiger charge is 2.30. The van der Waals surface area contributed by atoms with E-state index in [4.69, 9.17) is 4.74 Å². The van der Waals surface area contributed by atoms with Crippen molar-refractivity contribution in [1.82, 2.24) is 5.32 Å². The summed E-state index contributed by atoms with van der Waals surface area (Å²) in [4.78, 5) is 4.57. The van der Waals surface area contributed by atoms with Gasteiger partial charge in [0.05, 0.1) is 19.3 Å². The number of thioether (sulfide) groups is 1. The Hall–Kier alpha value is -0.220. The molecular formula is C13H24N2OS. The molecule has 4 heteroatoms. The molecule has 0 aromatic heterocycles. The van der Waals surface area contributed by atoms with Crippen LogP contribution in [0.5, 0.6) is 0 Å². The van der Waals surface area contributed by atoms with Crippen molar-refractivity contribution in [1.29, 1.82) is 0 Å². The highest BCUT2D eigenvalue weighted by molar-refractivity contribution is 8.14. The number of amidine groups is 1. The summed E-state index contributed by atoms with van der Waals surface area (Å²) in [6.07, 6.45) is 6.84. The Kier molecular flexibility index (Phi) is 4.74. The molecule has 1 heterocycles. The van der Waals surface area contributed by atoms with E-state index < -0.39 is 0 Å². The van der Waals surface area contributed by atoms with Crippen molar-refractivity contribution in [3.05, 3.63) is 0 Å². The quantitative estimate of drug-likeness (QED) is 0.768. The number of hydrogen-bond donors (Lipinski definition) is 1. The first kappa shape index (κ1) is 13.2. The van der Waals surface area contributed by atoms with E-state index in [1.165, 1.54) is 25.7 Å². The van der Waals surface area contributed by atoms with Crippen LogP contribution in [-0.4, -0.2) is 35.7 Å². The van der Waals surface area contributed by atoms with Gasteiger partial charge in [-0.05, 0) is 26.2 Å². The van der Waals surface area contributed by atoms with E-state index in [0.29, 0.717) is 6.10 Å². The molecule has 0 aromatic carbocycles. The lowest BCUT2D eigenvalue weighted by molar-refractivity contribution is 0.0643. The van der Waals surface area contributed by atoms with Crippen molar-refractivity contribution in [2.75, 3.05) is 18.9 Å². The normalized spacial score (nSPS) is 32.2. The van der Waals surface area contributed by atoms with Crippen molar-refractivity contribution in [3.8, 4) is 0 Å². The molecule has 2 aliphatic rings. The molecule has 1 saturated heterocycles. The van der Waals surface area contributed by atoms with Gasteiger partial charge >= 0.3 is 0 Å². The molecule has 2 rings (SSSR count). The number of aliphatic imine (C=N–C) groups is 1. The lowest BCUT2D eigenvalue weighted by atomic mass is 10.0. The monoisotopic (exact) mass is 256 g/mol. The molecule has 2 fully saturated rings. The first-order valence-corrected chi connectivity index (χ1v) is 7.77. The van der Waals surface area contributed by atoms with E-state index in [1.807, 2.05) is 11.8 Å². The molecule has 0 aromatic rings. The van der Waals surface area contributed by atoms with E-state index in [0.717, 1.165) is 30.5 Å². The molecule has 17 heavy (non-hydrogen) atoms. The molecule has 0 amide bonds. The molecule has 1 N–H and O–H groups in total. The second-order valence-electron chi connectivity index (χ2n) is 5.29. The highest BCUT2D eigenvalue weighted by atomic mass is 32.2. The van der Waals surface area contributed by atoms with Crippen LogP contribution in [0.1, 0.15) is 46.0 Å². The molecule has 1 aliphatic carbocycles. The van der Waals surface area contributed by atoms with E-state index in [2.05, 4.69) is 24.2 Å². The SMILES string of the molecule is CCC1(C)CSC(=NCCOC2CCCC2)N1.